The Balaban J connectivity index is 2.57. The number of Topliss-reactive ketones (excluding diaryl/α,β-unsaturated/α-hetero) is 1. The highest BCUT2D eigenvalue weighted by Crippen LogP contribution is 2.34. The molecule has 1 saturated carbocycles. The number of hydrogen-bond acceptors (Lipinski definition) is 2. The van der Waals surface area contributed by atoms with Crippen molar-refractivity contribution in [3.05, 3.63) is 0 Å². The average molecular weight is 255 g/mol. The fourth-order valence-corrected chi connectivity index (χ4v) is 4.75. The van der Waals surface area contributed by atoms with E-state index < -0.39 is 9.04 Å². The lowest BCUT2D eigenvalue weighted by Gasteiger charge is -2.35. The molecule has 2 nitrogen and oxygen atoms in total. The van der Waals surface area contributed by atoms with E-state index in [-0.39, 0.29) is 11.1 Å². The molecule has 0 heterocycles. The second-order valence-electron chi connectivity index (χ2n) is 6.22. The third kappa shape index (κ3) is 4.55. The first-order chi connectivity index (χ1) is 7.86. The molecule has 17 heavy (non-hydrogen) atoms. The Kier molecular flexibility index (Phi) is 5.39. The van der Waals surface area contributed by atoms with Gasteiger partial charge in [0.05, 0.1) is 6.10 Å². The van der Waals surface area contributed by atoms with Crippen molar-refractivity contribution in [2.75, 3.05) is 0 Å². The van der Waals surface area contributed by atoms with Crippen LogP contribution >= 0.6 is 0 Å². The zero-order valence-corrected chi connectivity index (χ0v) is 13.0. The Labute approximate surface area is 108 Å². The van der Waals surface area contributed by atoms with Crippen molar-refractivity contribution in [1.29, 1.82) is 0 Å². The summed E-state index contributed by atoms with van der Waals surface area (Å²) in [5.74, 6) is 0.959. The zero-order valence-electron chi connectivity index (χ0n) is 12.0. The van der Waals surface area contributed by atoms with E-state index in [0.717, 1.165) is 25.3 Å². The molecule has 0 unspecified atom stereocenters. The summed E-state index contributed by atoms with van der Waals surface area (Å²) in [7, 11) is -0.805. The van der Waals surface area contributed by atoms with Crippen LogP contribution in [0.2, 0.25) is 11.1 Å². The Hall–Kier alpha value is -0.153. The van der Waals surface area contributed by atoms with Gasteiger partial charge in [0.2, 0.25) is 9.04 Å². The van der Waals surface area contributed by atoms with Crippen LogP contribution in [0.5, 0.6) is 0 Å². The molecule has 1 aliphatic rings. The predicted octanol–water partition coefficient (Wildman–Crippen LogP) is 3.96. The molecule has 0 aromatic rings. The summed E-state index contributed by atoms with van der Waals surface area (Å²) >= 11 is 0. The summed E-state index contributed by atoms with van der Waals surface area (Å²) in [4.78, 5) is 11.7. The van der Waals surface area contributed by atoms with Crippen LogP contribution in [0.3, 0.4) is 0 Å². The first kappa shape index (κ1) is 14.9. The van der Waals surface area contributed by atoms with Gasteiger partial charge in [0, 0.05) is 12.8 Å². The lowest BCUT2D eigenvalue weighted by atomic mass is 9.85. The molecule has 1 radical (unpaired) electrons. The van der Waals surface area contributed by atoms with Crippen molar-refractivity contribution in [3.63, 3.8) is 0 Å². The fraction of sp³-hybridized carbons (Fsp3) is 0.929. The molecule has 0 aromatic heterocycles. The zero-order chi connectivity index (χ0) is 13.1. The molecule has 0 spiro atoms. The standard InChI is InChI=1S/C14H27O2Si/c1-6-11-8-12(15)10-13(9-11)16-17(7-2)14(3,4)5/h11,13H,6-10H2,1-5H3/t11-,13+/m0/s1. The Bertz CT molecular complexity index is 257. The van der Waals surface area contributed by atoms with Crippen molar-refractivity contribution >= 4 is 14.8 Å². The topological polar surface area (TPSA) is 26.3 Å². The summed E-state index contributed by atoms with van der Waals surface area (Å²) in [6, 6.07) is 1.12. The molecule has 0 aromatic carbocycles. The largest absolute Gasteiger partial charge is 0.413 e. The van der Waals surface area contributed by atoms with Crippen LogP contribution in [0.1, 0.15) is 60.3 Å². The lowest BCUT2D eigenvalue weighted by molar-refractivity contribution is -0.124. The highest BCUT2D eigenvalue weighted by atomic mass is 28.3. The van der Waals surface area contributed by atoms with Crippen LogP contribution in [0.15, 0.2) is 0 Å². The summed E-state index contributed by atoms with van der Waals surface area (Å²) in [6.07, 6.45) is 3.83. The minimum Gasteiger partial charge on any atom is -0.413 e. The van der Waals surface area contributed by atoms with E-state index in [9.17, 15) is 4.79 Å². The Morgan fingerprint density at radius 2 is 1.94 bits per heavy atom. The van der Waals surface area contributed by atoms with Crippen LogP contribution in [0, 0.1) is 5.92 Å². The molecular formula is C14H27O2Si. The molecule has 0 N–H and O–H groups in total. The fourth-order valence-electron chi connectivity index (χ4n) is 2.59. The van der Waals surface area contributed by atoms with Crippen molar-refractivity contribution in [3.8, 4) is 0 Å². The Morgan fingerprint density at radius 1 is 1.29 bits per heavy atom. The van der Waals surface area contributed by atoms with Gasteiger partial charge in [0.1, 0.15) is 5.78 Å². The van der Waals surface area contributed by atoms with E-state index in [4.69, 9.17) is 4.43 Å². The first-order valence-corrected chi connectivity index (χ1v) is 8.53. The minimum atomic E-state index is -0.805. The highest BCUT2D eigenvalue weighted by Gasteiger charge is 2.33. The molecular weight excluding hydrogens is 228 g/mol. The molecule has 0 bridgehead atoms. The van der Waals surface area contributed by atoms with Gasteiger partial charge in [-0.05, 0) is 23.4 Å². The van der Waals surface area contributed by atoms with Crippen LogP contribution in [0.25, 0.3) is 0 Å². The summed E-state index contributed by atoms with van der Waals surface area (Å²) in [6.45, 7) is 11.2. The SMILES string of the molecule is CC[C@H]1CC(=O)C[C@H](O[Si](CC)C(C)(C)C)C1. The highest BCUT2D eigenvalue weighted by molar-refractivity contribution is 6.55. The maximum atomic E-state index is 11.7. The normalized spacial score (nSPS) is 26.6. The predicted molar refractivity (Wildman–Crippen MR) is 73.5 cm³/mol. The first-order valence-electron chi connectivity index (χ1n) is 6.91. The lowest BCUT2D eigenvalue weighted by Crippen LogP contribution is -2.37. The molecule has 99 valence electrons. The average Bonchev–Trinajstić information content (AvgIpc) is 2.23. The van der Waals surface area contributed by atoms with Crippen molar-refractivity contribution in [2.24, 2.45) is 5.92 Å². The molecule has 1 rings (SSSR count). The van der Waals surface area contributed by atoms with Crippen LogP contribution in [-0.4, -0.2) is 20.9 Å². The van der Waals surface area contributed by atoms with Gasteiger partial charge in [0.25, 0.3) is 0 Å². The van der Waals surface area contributed by atoms with Gasteiger partial charge in [-0.3, -0.25) is 4.79 Å². The van der Waals surface area contributed by atoms with Crippen molar-refractivity contribution < 1.29 is 9.22 Å². The molecule has 1 fully saturated rings. The summed E-state index contributed by atoms with van der Waals surface area (Å²) < 4.78 is 6.29. The number of rotatable bonds is 4. The van der Waals surface area contributed by atoms with Gasteiger partial charge in [0.15, 0.2) is 0 Å². The second kappa shape index (κ2) is 6.14. The molecule has 3 heteroatoms. The molecule has 0 aliphatic heterocycles. The smallest absolute Gasteiger partial charge is 0.217 e. The third-order valence-corrected chi connectivity index (χ3v) is 6.54. The Morgan fingerprint density at radius 3 is 2.41 bits per heavy atom. The van der Waals surface area contributed by atoms with Gasteiger partial charge in [-0.1, -0.05) is 41.0 Å². The quantitative estimate of drug-likeness (QED) is 0.711. The van der Waals surface area contributed by atoms with Crippen molar-refractivity contribution in [1.82, 2.24) is 0 Å². The third-order valence-electron chi connectivity index (χ3n) is 3.61. The van der Waals surface area contributed by atoms with Gasteiger partial charge in [-0.2, -0.15) is 0 Å². The van der Waals surface area contributed by atoms with Crippen LogP contribution in [0.4, 0.5) is 0 Å². The molecule has 1 aliphatic carbocycles. The second-order valence-corrected chi connectivity index (χ2v) is 9.51. The summed E-state index contributed by atoms with van der Waals surface area (Å²) in [5.41, 5.74) is 0. The van der Waals surface area contributed by atoms with Gasteiger partial charge < -0.3 is 4.43 Å². The van der Waals surface area contributed by atoms with Gasteiger partial charge in [-0.15, -0.1) is 0 Å². The minimum absolute atomic E-state index is 0.203. The maximum absolute atomic E-state index is 11.7. The van der Waals surface area contributed by atoms with E-state index >= 15 is 0 Å². The monoisotopic (exact) mass is 255 g/mol. The van der Waals surface area contributed by atoms with E-state index in [2.05, 4.69) is 34.6 Å². The van der Waals surface area contributed by atoms with E-state index in [1.807, 2.05) is 0 Å². The van der Waals surface area contributed by atoms with Gasteiger partial charge in [-0.25, -0.2) is 0 Å². The van der Waals surface area contributed by atoms with Crippen LogP contribution in [-0.2, 0) is 9.22 Å². The number of hydrogen-bond donors (Lipinski definition) is 0. The van der Waals surface area contributed by atoms with Crippen molar-refractivity contribution in [2.45, 2.75) is 77.5 Å². The van der Waals surface area contributed by atoms with E-state index in [1.54, 1.807) is 0 Å². The van der Waals surface area contributed by atoms with E-state index in [0.29, 0.717) is 18.1 Å². The molecule has 0 saturated heterocycles. The van der Waals surface area contributed by atoms with Crippen LogP contribution < -0.4 is 0 Å². The summed E-state index contributed by atoms with van der Waals surface area (Å²) in [5, 5.41) is 0.265. The molecule has 0 amide bonds. The van der Waals surface area contributed by atoms with Gasteiger partial charge >= 0.3 is 0 Å². The number of ketones is 1. The number of carbonyl (C=O) groups is 1. The number of carbonyl (C=O) groups excluding carboxylic acids is 1. The van der Waals surface area contributed by atoms with E-state index in [1.165, 1.54) is 0 Å². The molecule has 2 atom stereocenters. The maximum Gasteiger partial charge on any atom is 0.217 e.